The Balaban J connectivity index is 1.73. The number of hydrogen-bond acceptors (Lipinski definition) is 4. The summed E-state index contributed by atoms with van der Waals surface area (Å²) in [6, 6.07) is 13.2. The molecule has 0 aliphatic rings. The zero-order valence-electron chi connectivity index (χ0n) is 17.4. The largest absolute Gasteiger partial charge is 0.483 e. The predicted octanol–water partition coefficient (Wildman–Crippen LogP) is 3.78. The predicted molar refractivity (Wildman–Crippen MR) is 114 cm³/mol. The maximum atomic E-state index is 12.7. The van der Waals surface area contributed by atoms with Crippen LogP contribution in [0.15, 0.2) is 47.3 Å². The second kappa shape index (κ2) is 8.90. The molecule has 1 aromatic heterocycles. The number of rotatable bonds is 7. The molecule has 2 aromatic carbocycles. The number of likely N-dealkylation sites (N-methyl/N-ethyl adjacent to an activating group) is 1. The van der Waals surface area contributed by atoms with Crippen molar-refractivity contribution in [3.63, 3.8) is 0 Å². The smallest absolute Gasteiger partial charge is 0.260 e. The lowest BCUT2D eigenvalue weighted by molar-refractivity contribution is -0.133. The number of nitrogens with zero attached hydrogens (tertiary/aromatic N) is 2. The van der Waals surface area contributed by atoms with E-state index in [0.717, 1.165) is 16.9 Å². The van der Waals surface area contributed by atoms with Gasteiger partial charge < -0.3 is 14.6 Å². The molecule has 6 nitrogen and oxygen atoms in total. The van der Waals surface area contributed by atoms with Gasteiger partial charge in [0.25, 0.3) is 11.5 Å². The van der Waals surface area contributed by atoms with E-state index in [9.17, 15) is 9.59 Å². The summed E-state index contributed by atoms with van der Waals surface area (Å²) in [5.74, 6) is 1.35. The third kappa shape index (κ3) is 4.83. The molecule has 0 unspecified atom stereocenters. The highest BCUT2D eigenvalue weighted by atomic mass is 16.5. The molecule has 0 atom stereocenters. The molecule has 6 heteroatoms. The molecule has 0 radical (unpaired) electrons. The number of carbonyl (C=O) groups is 1. The molecule has 0 saturated heterocycles. The number of aromatic nitrogens is 2. The number of hydrogen-bond donors (Lipinski definition) is 1. The van der Waals surface area contributed by atoms with Crippen molar-refractivity contribution >= 4 is 16.8 Å². The summed E-state index contributed by atoms with van der Waals surface area (Å²) in [6.07, 6.45) is 0. The van der Waals surface area contributed by atoms with Gasteiger partial charge in [-0.25, -0.2) is 4.98 Å². The lowest BCUT2D eigenvalue weighted by Gasteiger charge is -2.21. The number of nitrogens with one attached hydrogen (secondary N) is 1. The molecule has 0 fully saturated rings. The van der Waals surface area contributed by atoms with Gasteiger partial charge in [0.1, 0.15) is 11.6 Å². The van der Waals surface area contributed by atoms with Crippen LogP contribution in [0.3, 0.4) is 0 Å². The van der Waals surface area contributed by atoms with E-state index in [4.69, 9.17) is 4.74 Å². The van der Waals surface area contributed by atoms with Crippen LogP contribution in [0.1, 0.15) is 43.6 Å². The maximum absolute atomic E-state index is 12.7. The van der Waals surface area contributed by atoms with Crippen LogP contribution >= 0.6 is 0 Å². The van der Waals surface area contributed by atoms with Crippen LogP contribution in [-0.4, -0.2) is 33.9 Å². The summed E-state index contributed by atoms with van der Waals surface area (Å²) in [4.78, 5) is 33.9. The van der Waals surface area contributed by atoms with Gasteiger partial charge in [-0.05, 0) is 49.1 Å². The Morgan fingerprint density at radius 1 is 1.21 bits per heavy atom. The van der Waals surface area contributed by atoms with Gasteiger partial charge in [0.2, 0.25) is 0 Å². The lowest BCUT2D eigenvalue weighted by atomic mass is 10.0. The van der Waals surface area contributed by atoms with Crippen molar-refractivity contribution in [2.75, 3.05) is 13.2 Å². The van der Waals surface area contributed by atoms with E-state index in [1.165, 1.54) is 0 Å². The summed E-state index contributed by atoms with van der Waals surface area (Å²) < 4.78 is 5.87. The Kier molecular flexibility index (Phi) is 6.32. The van der Waals surface area contributed by atoms with Gasteiger partial charge in [-0.15, -0.1) is 0 Å². The van der Waals surface area contributed by atoms with Crippen LogP contribution in [-0.2, 0) is 11.3 Å². The minimum atomic E-state index is -0.202. The summed E-state index contributed by atoms with van der Waals surface area (Å²) in [6.45, 7) is 8.74. The van der Waals surface area contributed by atoms with Gasteiger partial charge in [-0.3, -0.25) is 9.59 Å². The number of aromatic amines is 1. The van der Waals surface area contributed by atoms with E-state index in [1.54, 1.807) is 23.1 Å². The third-order valence-corrected chi connectivity index (χ3v) is 4.88. The normalized spacial score (nSPS) is 11.1. The monoisotopic (exact) mass is 393 g/mol. The van der Waals surface area contributed by atoms with Gasteiger partial charge in [-0.2, -0.15) is 0 Å². The molecule has 1 N–H and O–H groups in total. The number of fused-ring (bicyclic) bond motifs is 1. The molecule has 1 amide bonds. The Hall–Kier alpha value is -3.15. The zero-order valence-corrected chi connectivity index (χ0v) is 17.4. The number of benzene rings is 2. The van der Waals surface area contributed by atoms with E-state index in [1.807, 2.05) is 38.1 Å². The van der Waals surface area contributed by atoms with Crippen molar-refractivity contribution < 1.29 is 9.53 Å². The average Bonchev–Trinajstić information content (AvgIpc) is 2.70. The maximum Gasteiger partial charge on any atom is 0.260 e. The number of amides is 1. The van der Waals surface area contributed by atoms with Crippen molar-refractivity contribution in [3.8, 4) is 5.75 Å². The van der Waals surface area contributed by atoms with Gasteiger partial charge in [0, 0.05) is 6.54 Å². The van der Waals surface area contributed by atoms with Crippen LogP contribution in [0.4, 0.5) is 0 Å². The molecule has 3 aromatic rings. The zero-order chi connectivity index (χ0) is 21.0. The van der Waals surface area contributed by atoms with E-state index in [0.29, 0.717) is 29.2 Å². The quantitative estimate of drug-likeness (QED) is 0.663. The summed E-state index contributed by atoms with van der Waals surface area (Å²) in [7, 11) is 0. The van der Waals surface area contributed by atoms with E-state index < -0.39 is 0 Å². The molecule has 29 heavy (non-hydrogen) atoms. The van der Waals surface area contributed by atoms with Gasteiger partial charge in [0.05, 0.1) is 17.4 Å². The Labute approximate surface area is 170 Å². The summed E-state index contributed by atoms with van der Waals surface area (Å²) in [5.41, 5.74) is 2.58. The van der Waals surface area contributed by atoms with Gasteiger partial charge in [0.15, 0.2) is 6.61 Å². The fraction of sp³-hybridized carbons (Fsp3) is 0.348. The topological polar surface area (TPSA) is 75.3 Å². The van der Waals surface area contributed by atoms with Crippen molar-refractivity contribution in [1.29, 1.82) is 0 Å². The Morgan fingerprint density at radius 2 is 1.97 bits per heavy atom. The molecule has 0 aliphatic heterocycles. The molecule has 0 aliphatic carbocycles. The second-order valence-corrected chi connectivity index (χ2v) is 7.42. The first-order valence-corrected chi connectivity index (χ1v) is 9.88. The van der Waals surface area contributed by atoms with Gasteiger partial charge in [-0.1, -0.05) is 38.1 Å². The molecular formula is C23H27N3O3. The standard InChI is InChI=1S/C23H27N3O3/c1-5-26(13-21-24-19-9-7-6-8-18(19)23(28)25-21)22(27)14-29-20-12-16(4)10-11-17(20)15(2)3/h6-12,15H,5,13-14H2,1-4H3,(H,24,25,28). The highest BCUT2D eigenvalue weighted by Crippen LogP contribution is 2.27. The number of para-hydroxylation sites is 1. The summed E-state index contributed by atoms with van der Waals surface area (Å²) in [5, 5.41) is 0.537. The Bertz CT molecular complexity index is 1070. The van der Waals surface area contributed by atoms with Crippen LogP contribution in [0.5, 0.6) is 5.75 Å². The van der Waals surface area contributed by atoms with Gasteiger partial charge >= 0.3 is 0 Å². The van der Waals surface area contributed by atoms with Crippen molar-refractivity contribution in [2.24, 2.45) is 0 Å². The minimum absolute atomic E-state index is 0.0607. The molecule has 152 valence electrons. The van der Waals surface area contributed by atoms with Crippen molar-refractivity contribution in [1.82, 2.24) is 14.9 Å². The first kappa shape index (κ1) is 20.6. The molecule has 0 saturated carbocycles. The third-order valence-electron chi connectivity index (χ3n) is 4.88. The molecule has 3 rings (SSSR count). The van der Waals surface area contributed by atoms with E-state index in [-0.39, 0.29) is 24.6 Å². The first-order chi connectivity index (χ1) is 13.9. The number of carbonyl (C=O) groups excluding carboxylic acids is 1. The SMILES string of the molecule is CCN(Cc1nc2ccccc2c(=O)[nH]1)C(=O)COc1cc(C)ccc1C(C)C. The highest BCUT2D eigenvalue weighted by molar-refractivity contribution is 5.78. The fourth-order valence-electron chi connectivity index (χ4n) is 3.24. The van der Waals surface area contributed by atoms with E-state index in [2.05, 4.69) is 23.8 Å². The van der Waals surface area contributed by atoms with E-state index >= 15 is 0 Å². The average molecular weight is 393 g/mol. The molecule has 1 heterocycles. The lowest BCUT2D eigenvalue weighted by Crippen LogP contribution is -2.35. The molecule has 0 spiro atoms. The summed E-state index contributed by atoms with van der Waals surface area (Å²) >= 11 is 0. The molecular weight excluding hydrogens is 366 g/mol. The minimum Gasteiger partial charge on any atom is -0.483 e. The number of H-pyrrole nitrogens is 1. The van der Waals surface area contributed by atoms with Crippen LogP contribution in [0.25, 0.3) is 10.9 Å². The fourth-order valence-corrected chi connectivity index (χ4v) is 3.24. The second-order valence-electron chi connectivity index (χ2n) is 7.42. The van der Waals surface area contributed by atoms with Crippen LogP contribution in [0, 0.1) is 6.92 Å². The number of aryl methyl sites for hydroxylation is 1. The Morgan fingerprint density at radius 3 is 2.69 bits per heavy atom. The highest BCUT2D eigenvalue weighted by Gasteiger charge is 2.16. The molecule has 0 bridgehead atoms. The van der Waals surface area contributed by atoms with Crippen LogP contribution in [0.2, 0.25) is 0 Å². The van der Waals surface area contributed by atoms with Crippen molar-refractivity contribution in [2.45, 2.75) is 40.2 Å². The van der Waals surface area contributed by atoms with Crippen LogP contribution < -0.4 is 10.3 Å². The van der Waals surface area contributed by atoms with Crippen molar-refractivity contribution in [3.05, 3.63) is 69.8 Å². The number of ether oxygens (including phenoxy) is 1. The first-order valence-electron chi connectivity index (χ1n) is 9.88.